The van der Waals surface area contributed by atoms with E-state index < -0.39 is 9.84 Å². The van der Waals surface area contributed by atoms with Crippen molar-refractivity contribution >= 4 is 27.5 Å². The van der Waals surface area contributed by atoms with E-state index in [1.54, 1.807) is 0 Å². The van der Waals surface area contributed by atoms with Gasteiger partial charge in [-0.1, -0.05) is 18.7 Å². The van der Waals surface area contributed by atoms with Crippen LogP contribution in [-0.2, 0) is 14.6 Å². The van der Waals surface area contributed by atoms with Gasteiger partial charge < -0.3 is 9.47 Å². The Hall–Kier alpha value is -1.09. The van der Waals surface area contributed by atoms with Crippen LogP contribution in [0, 0.1) is 0 Å². The predicted octanol–water partition coefficient (Wildman–Crippen LogP) is 2.40. The van der Waals surface area contributed by atoms with E-state index in [0.29, 0.717) is 18.4 Å². The predicted molar refractivity (Wildman–Crippen MR) is 105 cm³/mol. The molecular weight excluding hydrogens is 384 g/mol. The number of carbonyl (C=O) groups excluding carboxylic acids is 1. The molecule has 9 heteroatoms. The smallest absolute Gasteiger partial charge is 0.233 e. The van der Waals surface area contributed by atoms with Crippen molar-refractivity contribution in [1.29, 1.82) is 0 Å². The van der Waals surface area contributed by atoms with Gasteiger partial charge in [0.25, 0.3) is 0 Å². The molecule has 1 amide bonds. The summed E-state index contributed by atoms with van der Waals surface area (Å²) in [6.07, 6.45) is 6.07. The van der Waals surface area contributed by atoms with Crippen LogP contribution in [0.3, 0.4) is 0 Å². The Bertz CT molecular complexity index is 815. The molecule has 1 aliphatic heterocycles. The summed E-state index contributed by atoms with van der Waals surface area (Å²) in [4.78, 5) is 14.8. The van der Waals surface area contributed by atoms with Crippen LogP contribution < -0.4 is 0 Å². The van der Waals surface area contributed by atoms with Crippen molar-refractivity contribution in [3.05, 3.63) is 5.82 Å². The summed E-state index contributed by atoms with van der Waals surface area (Å²) in [7, 11) is -3.02. The minimum atomic E-state index is -3.02. The van der Waals surface area contributed by atoms with Crippen molar-refractivity contribution in [3.8, 4) is 0 Å². The van der Waals surface area contributed by atoms with Gasteiger partial charge in [0, 0.05) is 24.0 Å². The molecule has 0 N–H and O–H groups in total. The SMILES string of the molecule is CC[C@H](C)N(C(=O)CSc1nnc(C2CC2)n1C1CC1)[C@H]1CCS(=O)(=O)C1. The fourth-order valence-corrected chi connectivity index (χ4v) is 6.48. The van der Waals surface area contributed by atoms with Crippen molar-refractivity contribution in [2.24, 2.45) is 0 Å². The highest BCUT2D eigenvalue weighted by atomic mass is 32.2. The van der Waals surface area contributed by atoms with E-state index in [-0.39, 0.29) is 35.2 Å². The second-order valence-electron chi connectivity index (χ2n) is 8.12. The summed E-state index contributed by atoms with van der Waals surface area (Å²) in [5.41, 5.74) is 0. The molecule has 3 fully saturated rings. The third kappa shape index (κ3) is 4.18. The van der Waals surface area contributed by atoms with Crippen LogP contribution in [0.2, 0.25) is 0 Å². The van der Waals surface area contributed by atoms with E-state index in [1.165, 1.54) is 24.6 Å². The summed E-state index contributed by atoms with van der Waals surface area (Å²) in [5.74, 6) is 2.21. The number of aromatic nitrogens is 3. The zero-order chi connectivity index (χ0) is 19.2. The van der Waals surface area contributed by atoms with Crippen LogP contribution in [0.4, 0.5) is 0 Å². The van der Waals surface area contributed by atoms with Crippen LogP contribution >= 0.6 is 11.8 Å². The molecule has 2 saturated carbocycles. The summed E-state index contributed by atoms with van der Waals surface area (Å²) >= 11 is 1.45. The highest BCUT2D eigenvalue weighted by Gasteiger charge is 2.38. The first-order valence-electron chi connectivity index (χ1n) is 9.98. The molecule has 3 aliphatic rings. The lowest BCUT2D eigenvalue weighted by atomic mass is 10.1. The fraction of sp³-hybridized carbons (Fsp3) is 0.833. The molecule has 150 valence electrons. The van der Waals surface area contributed by atoms with Gasteiger partial charge in [-0.3, -0.25) is 4.79 Å². The lowest BCUT2D eigenvalue weighted by Gasteiger charge is -2.33. The highest BCUT2D eigenvalue weighted by Crippen LogP contribution is 2.46. The van der Waals surface area contributed by atoms with Gasteiger partial charge in [0.2, 0.25) is 5.91 Å². The molecule has 2 atom stereocenters. The van der Waals surface area contributed by atoms with E-state index in [9.17, 15) is 13.2 Å². The monoisotopic (exact) mass is 412 g/mol. The summed E-state index contributed by atoms with van der Waals surface area (Å²) in [6.45, 7) is 4.04. The first kappa shape index (κ1) is 19.2. The minimum absolute atomic E-state index is 0.00905. The molecule has 2 heterocycles. The zero-order valence-corrected chi connectivity index (χ0v) is 17.6. The van der Waals surface area contributed by atoms with Gasteiger partial charge in [-0.25, -0.2) is 8.42 Å². The van der Waals surface area contributed by atoms with E-state index >= 15 is 0 Å². The molecule has 0 bridgehead atoms. The largest absolute Gasteiger partial charge is 0.335 e. The molecule has 0 aromatic carbocycles. The molecule has 4 rings (SSSR count). The normalized spacial score (nSPS) is 25.5. The van der Waals surface area contributed by atoms with Crippen LogP contribution in [-0.4, -0.2) is 63.3 Å². The average Bonchev–Trinajstić information content (AvgIpc) is 3.56. The zero-order valence-electron chi connectivity index (χ0n) is 16.0. The summed E-state index contributed by atoms with van der Waals surface area (Å²) < 4.78 is 26.0. The number of amides is 1. The maximum Gasteiger partial charge on any atom is 0.233 e. The maximum absolute atomic E-state index is 13.0. The number of sulfone groups is 1. The fourth-order valence-electron chi connectivity index (χ4n) is 3.88. The van der Waals surface area contributed by atoms with E-state index in [0.717, 1.165) is 30.2 Å². The first-order chi connectivity index (χ1) is 12.9. The van der Waals surface area contributed by atoms with Crippen molar-refractivity contribution < 1.29 is 13.2 Å². The molecule has 0 unspecified atom stereocenters. The van der Waals surface area contributed by atoms with Gasteiger partial charge in [0.1, 0.15) is 5.82 Å². The molecule has 1 aromatic rings. The van der Waals surface area contributed by atoms with E-state index in [2.05, 4.69) is 14.8 Å². The standard InChI is InChI=1S/C18H28N4O3S2/c1-3-12(2)21(15-8-9-27(24,25)11-15)16(23)10-26-18-20-19-17(13-4-5-13)22(18)14-6-7-14/h12-15H,3-11H2,1-2H3/t12-,15-/m0/s1. The summed E-state index contributed by atoms with van der Waals surface area (Å²) in [6, 6.07) is 0.347. The van der Waals surface area contributed by atoms with Crippen molar-refractivity contribution in [2.45, 2.75) is 81.6 Å². The van der Waals surface area contributed by atoms with Crippen LogP contribution in [0.15, 0.2) is 5.16 Å². The second kappa shape index (κ2) is 7.39. The third-order valence-corrected chi connectivity index (χ3v) is 8.50. The lowest BCUT2D eigenvalue weighted by molar-refractivity contribution is -0.132. The van der Waals surface area contributed by atoms with E-state index in [4.69, 9.17) is 0 Å². The Morgan fingerprint density at radius 3 is 2.56 bits per heavy atom. The highest BCUT2D eigenvalue weighted by molar-refractivity contribution is 7.99. The Labute approximate surface area is 165 Å². The van der Waals surface area contributed by atoms with Gasteiger partial charge in [-0.05, 0) is 45.4 Å². The van der Waals surface area contributed by atoms with Gasteiger partial charge in [0.05, 0.1) is 17.3 Å². The average molecular weight is 413 g/mol. The van der Waals surface area contributed by atoms with Gasteiger partial charge >= 0.3 is 0 Å². The first-order valence-corrected chi connectivity index (χ1v) is 12.8. The number of thioether (sulfide) groups is 1. The topological polar surface area (TPSA) is 85.2 Å². The quantitative estimate of drug-likeness (QED) is 0.610. The lowest BCUT2D eigenvalue weighted by Crippen LogP contribution is -2.47. The van der Waals surface area contributed by atoms with E-state index in [1.807, 2.05) is 18.7 Å². The van der Waals surface area contributed by atoms with Crippen LogP contribution in [0.1, 0.15) is 70.2 Å². The third-order valence-electron chi connectivity index (χ3n) is 5.83. The van der Waals surface area contributed by atoms with Crippen LogP contribution in [0.25, 0.3) is 0 Å². The maximum atomic E-state index is 13.0. The molecule has 2 aliphatic carbocycles. The van der Waals surface area contributed by atoms with Gasteiger partial charge in [-0.2, -0.15) is 0 Å². The number of hydrogen-bond donors (Lipinski definition) is 0. The Morgan fingerprint density at radius 2 is 2.00 bits per heavy atom. The summed E-state index contributed by atoms with van der Waals surface area (Å²) in [5, 5.41) is 9.61. The Balaban J connectivity index is 1.46. The van der Waals surface area contributed by atoms with Crippen molar-refractivity contribution in [2.75, 3.05) is 17.3 Å². The molecule has 7 nitrogen and oxygen atoms in total. The van der Waals surface area contributed by atoms with Gasteiger partial charge in [0.15, 0.2) is 15.0 Å². The Morgan fingerprint density at radius 1 is 1.26 bits per heavy atom. The number of nitrogens with zero attached hydrogens (tertiary/aromatic N) is 4. The van der Waals surface area contributed by atoms with Crippen molar-refractivity contribution in [1.82, 2.24) is 19.7 Å². The molecular formula is C18H28N4O3S2. The van der Waals surface area contributed by atoms with Crippen molar-refractivity contribution in [3.63, 3.8) is 0 Å². The number of carbonyl (C=O) groups is 1. The Kier molecular flexibility index (Phi) is 5.26. The van der Waals surface area contributed by atoms with Crippen LogP contribution in [0.5, 0.6) is 0 Å². The minimum Gasteiger partial charge on any atom is -0.335 e. The molecule has 1 aromatic heterocycles. The molecule has 27 heavy (non-hydrogen) atoms. The molecule has 1 saturated heterocycles. The van der Waals surface area contributed by atoms with Gasteiger partial charge in [-0.15, -0.1) is 10.2 Å². The second-order valence-corrected chi connectivity index (χ2v) is 11.3. The molecule has 0 spiro atoms. The number of rotatable bonds is 8. The number of hydrogen-bond acceptors (Lipinski definition) is 6. The molecule has 0 radical (unpaired) electrons.